The van der Waals surface area contributed by atoms with E-state index < -0.39 is 6.17 Å². The minimum absolute atomic E-state index is 0.0189. The number of rotatable bonds is 3. The van der Waals surface area contributed by atoms with Crippen molar-refractivity contribution in [2.45, 2.75) is 39.3 Å². The number of nitrogens with zero attached hydrogens (tertiary/aromatic N) is 2. The standard InChI is InChI=1S/C14H19FN2/c1-5-12(9(2)15)11-6-7-13-10(3)16-17(4)14(13)8-11/h6-9,12H,5H2,1-4H3. The van der Waals surface area contributed by atoms with Crippen molar-refractivity contribution in [3.05, 3.63) is 29.5 Å². The molecule has 17 heavy (non-hydrogen) atoms. The highest BCUT2D eigenvalue weighted by Gasteiger charge is 2.18. The summed E-state index contributed by atoms with van der Waals surface area (Å²) >= 11 is 0. The Balaban J connectivity index is 2.54. The topological polar surface area (TPSA) is 17.8 Å². The molecule has 0 fully saturated rings. The lowest BCUT2D eigenvalue weighted by molar-refractivity contribution is 0.300. The minimum Gasteiger partial charge on any atom is -0.268 e. The first-order valence-corrected chi connectivity index (χ1v) is 6.12. The third-order valence-electron chi connectivity index (χ3n) is 3.48. The highest BCUT2D eigenvalue weighted by molar-refractivity contribution is 5.82. The molecule has 92 valence electrons. The average molecular weight is 234 g/mol. The van der Waals surface area contributed by atoms with E-state index in [4.69, 9.17) is 0 Å². The second-order valence-electron chi connectivity index (χ2n) is 4.68. The van der Waals surface area contributed by atoms with Crippen LogP contribution in [0, 0.1) is 6.92 Å². The van der Waals surface area contributed by atoms with Crippen LogP contribution in [-0.4, -0.2) is 16.0 Å². The zero-order valence-electron chi connectivity index (χ0n) is 10.9. The van der Waals surface area contributed by atoms with E-state index in [-0.39, 0.29) is 5.92 Å². The molecule has 0 aliphatic rings. The predicted octanol–water partition coefficient (Wildman–Crippen LogP) is 3.73. The van der Waals surface area contributed by atoms with Crippen LogP contribution in [0.1, 0.15) is 37.4 Å². The molecule has 0 saturated carbocycles. The van der Waals surface area contributed by atoms with E-state index in [2.05, 4.69) is 17.2 Å². The van der Waals surface area contributed by atoms with Gasteiger partial charge in [0.25, 0.3) is 0 Å². The molecule has 2 nitrogen and oxygen atoms in total. The smallest absolute Gasteiger partial charge is 0.104 e. The maximum Gasteiger partial charge on any atom is 0.104 e. The lowest BCUT2D eigenvalue weighted by atomic mass is 9.92. The van der Waals surface area contributed by atoms with Gasteiger partial charge in [0.1, 0.15) is 6.17 Å². The molecule has 0 aliphatic carbocycles. The maximum atomic E-state index is 13.5. The highest BCUT2D eigenvalue weighted by atomic mass is 19.1. The molecular weight excluding hydrogens is 215 g/mol. The summed E-state index contributed by atoms with van der Waals surface area (Å²) < 4.78 is 15.4. The number of hydrogen-bond donors (Lipinski definition) is 0. The molecule has 1 aromatic carbocycles. The summed E-state index contributed by atoms with van der Waals surface area (Å²) in [5, 5.41) is 5.53. The van der Waals surface area contributed by atoms with Crippen LogP contribution in [0.15, 0.2) is 18.2 Å². The lowest BCUT2D eigenvalue weighted by Gasteiger charge is -2.16. The summed E-state index contributed by atoms with van der Waals surface area (Å²) in [6.07, 6.45) is 0.00628. The lowest BCUT2D eigenvalue weighted by Crippen LogP contribution is -2.09. The number of fused-ring (bicyclic) bond motifs is 1. The van der Waals surface area contributed by atoms with Gasteiger partial charge >= 0.3 is 0 Å². The average Bonchev–Trinajstić information content (AvgIpc) is 2.55. The molecule has 2 aromatic rings. The van der Waals surface area contributed by atoms with E-state index in [1.165, 1.54) is 0 Å². The zero-order chi connectivity index (χ0) is 12.6. The van der Waals surface area contributed by atoms with E-state index >= 15 is 0 Å². The van der Waals surface area contributed by atoms with Crippen molar-refractivity contribution in [1.82, 2.24) is 9.78 Å². The molecule has 0 amide bonds. The summed E-state index contributed by atoms with van der Waals surface area (Å²) in [7, 11) is 1.93. The Morgan fingerprint density at radius 2 is 2.12 bits per heavy atom. The van der Waals surface area contributed by atoms with Crippen molar-refractivity contribution < 1.29 is 4.39 Å². The Labute approximate surface area is 101 Å². The first kappa shape index (κ1) is 12.1. The fraction of sp³-hybridized carbons (Fsp3) is 0.500. The van der Waals surface area contributed by atoms with Crippen LogP contribution in [0.3, 0.4) is 0 Å². The van der Waals surface area contributed by atoms with Crippen LogP contribution in [0.4, 0.5) is 4.39 Å². The van der Waals surface area contributed by atoms with Gasteiger partial charge < -0.3 is 0 Å². The van der Waals surface area contributed by atoms with E-state index in [1.54, 1.807) is 6.92 Å². The normalized spacial score (nSPS) is 15.1. The van der Waals surface area contributed by atoms with Gasteiger partial charge in [0.2, 0.25) is 0 Å². The molecule has 1 aromatic heterocycles. The Morgan fingerprint density at radius 1 is 1.41 bits per heavy atom. The largest absolute Gasteiger partial charge is 0.268 e. The number of aromatic nitrogens is 2. The van der Waals surface area contributed by atoms with Crippen LogP contribution in [0.5, 0.6) is 0 Å². The first-order chi connectivity index (χ1) is 8.04. The Kier molecular flexibility index (Phi) is 3.18. The van der Waals surface area contributed by atoms with E-state index in [1.807, 2.05) is 31.6 Å². The minimum atomic E-state index is -0.813. The fourth-order valence-electron chi connectivity index (χ4n) is 2.51. The van der Waals surface area contributed by atoms with Gasteiger partial charge in [-0.05, 0) is 31.9 Å². The third kappa shape index (κ3) is 2.06. The summed E-state index contributed by atoms with van der Waals surface area (Å²) in [4.78, 5) is 0. The summed E-state index contributed by atoms with van der Waals surface area (Å²) in [6.45, 7) is 5.66. The number of hydrogen-bond acceptors (Lipinski definition) is 1. The molecule has 2 rings (SSSR count). The number of aryl methyl sites for hydroxylation is 2. The van der Waals surface area contributed by atoms with Crippen LogP contribution in [0.25, 0.3) is 10.9 Å². The van der Waals surface area contributed by atoms with Crippen molar-refractivity contribution in [2.24, 2.45) is 7.05 Å². The molecule has 0 aliphatic heterocycles. The third-order valence-corrected chi connectivity index (χ3v) is 3.48. The van der Waals surface area contributed by atoms with Gasteiger partial charge in [0.15, 0.2) is 0 Å². The van der Waals surface area contributed by atoms with Gasteiger partial charge in [-0.25, -0.2) is 4.39 Å². The summed E-state index contributed by atoms with van der Waals surface area (Å²) in [5.41, 5.74) is 3.17. The second kappa shape index (κ2) is 4.47. The molecule has 0 saturated heterocycles. The van der Waals surface area contributed by atoms with E-state index in [0.29, 0.717) is 0 Å². The van der Waals surface area contributed by atoms with Gasteiger partial charge in [-0.1, -0.05) is 19.1 Å². The number of benzene rings is 1. The van der Waals surface area contributed by atoms with Gasteiger partial charge in [0.05, 0.1) is 11.2 Å². The second-order valence-corrected chi connectivity index (χ2v) is 4.68. The van der Waals surface area contributed by atoms with Crippen LogP contribution < -0.4 is 0 Å². The number of alkyl halides is 1. The number of halogens is 1. The van der Waals surface area contributed by atoms with Gasteiger partial charge in [-0.15, -0.1) is 0 Å². The molecule has 2 atom stereocenters. The fourth-order valence-corrected chi connectivity index (χ4v) is 2.51. The molecule has 3 heteroatoms. The molecule has 0 N–H and O–H groups in total. The molecule has 0 spiro atoms. The molecular formula is C14H19FN2. The van der Waals surface area contributed by atoms with E-state index in [9.17, 15) is 4.39 Å². The first-order valence-electron chi connectivity index (χ1n) is 6.12. The van der Waals surface area contributed by atoms with Crippen molar-refractivity contribution in [2.75, 3.05) is 0 Å². The van der Waals surface area contributed by atoms with Gasteiger partial charge in [-0.2, -0.15) is 5.10 Å². The predicted molar refractivity (Wildman–Crippen MR) is 69.1 cm³/mol. The van der Waals surface area contributed by atoms with Gasteiger partial charge in [0, 0.05) is 18.4 Å². The van der Waals surface area contributed by atoms with Crippen LogP contribution >= 0.6 is 0 Å². The summed E-state index contributed by atoms with van der Waals surface area (Å²) in [5.74, 6) is -0.0189. The SMILES string of the molecule is CCC(c1ccc2c(C)nn(C)c2c1)C(C)F. The van der Waals surface area contributed by atoms with E-state index in [0.717, 1.165) is 28.6 Å². The monoisotopic (exact) mass is 234 g/mol. The Hall–Kier alpha value is -1.38. The Morgan fingerprint density at radius 3 is 2.71 bits per heavy atom. The maximum absolute atomic E-state index is 13.5. The molecule has 0 radical (unpaired) electrons. The molecule has 0 bridgehead atoms. The summed E-state index contributed by atoms with van der Waals surface area (Å²) in [6, 6.07) is 6.15. The quantitative estimate of drug-likeness (QED) is 0.791. The van der Waals surface area contributed by atoms with Crippen molar-refractivity contribution in [3.63, 3.8) is 0 Å². The molecule has 2 unspecified atom stereocenters. The van der Waals surface area contributed by atoms with Crippen LogP contribution in [-0.2, 0) is 7.05 Å². The Bertz CT molecular complexity index is 528. The van der Waals surface area contributed by atoms with Crippen LogP contribution in [0.2, 0.25) is 0 Å². The molecule has 1 heterocycles. The van der Waals surface area contributed by atoms with Crippen molar-refractivity contribution in [1.29, 1.82) is 0 Å². The highest BCUT2D eigenvalue weighted by Crippen LogP contribution is 2.28. The van der Waals surface area contributed by atoms with Crippen molar-refractivity contribution in [3.8, 4) is 0 Å². The van der Waals surface area contributed by atoms with Crippen molar-refractivity contribution >= 4 is 10.9 Å². The zero-order valence-corrected chi connectivity index (χ0v) is 10.9. The van der Waals surface area contributed by atoms with Gasteiger partial charge in [-0.3, -0.25) is 4.68 Å².